The van der Waals surface area contributed by atoms with Gasteiger partial charge >= 0.3 is 6.03 Å². The summed E-state index contributed by atoms with van der Waals surface area (Å²) < 4.78 is 6.72. The molecule has 0 spiro atoms. The van der Waals surface area contributed by atoms with Crippen LogP contribution in [0.4, 0.5) is 10.5 Å². The average molecular weight is 322 g/mol. The highest BCUT2D eigenvalue weighted by molar-refractivity contribution is 7.99. The van der Waals surface area contributed by atoms with Crippen LogP contribution in [0.25, 0.3) is 0 Å². The van der Waals surface area contributed by atoms with Gasteiger partial charge in [0, 0.05) is 25.0 Å². The van der Waals surface area contributed by atoms with Gasteiger partial charge in [-0.1, -0.05) is 11.8 Å². The number of tetrazole rings is 1. The van der Waals surface area contributed by atoms with Crippen molar-refractivity contribution in [3.8, 4) is 5.75 Å². The summed E-state index contributed by atoms with van der Waals surface area (Å²) >= 11 is 1.48. The van der Waals surface area contributed by atoms with Crippen LogP contribution >= 0.6 is 11.8 Å². The van der Waals surface area contributed by atoms with Crippen LogP contribution in [0.2, 0.25) is 0 Å². The molecule has 1 heterocycles. The summed E-state index contributed by atoms with van der Waals surface area (Å²) in [5.74, 6) is 1.45. The van der Waals surface area contributed by atoms with Gasteiger partial charge in [0.2, 0.25) is 5.16 Å². The Kier molecular flexibility index (Phi) is 5.59. The molecule has 0 aliphatic heterocycles. The van der Waals surface area contributed by atoms with Crippen LogP contribution in [0.5, 0.6) is 5.75 Å². The first-order valence-electron chi connectivity index (χ1n) is 6.65. The van der Waals surface area contributed by atoms with Crippen LogP contribution in [-0.2, 0) is 7.05 Å². The molecule has 22 heavy (non-hydrogen) atoms. The number of carbonyl (C=O) groups excluding carboxylic acids is 1. The second-order valence-electron chi connectivity index (χ2n) is 4.50. The minimum atomic E-state index is -0.245. The van der Waals surface area contributed by atoms with E-state index in [1.807, 2.05) is 19.1 Å². The number of nitrogens with zero attached hydrogens (tertiary/aromatic N) is 4. The van der Waals surface area contributed by atoms with Gasteiger partial charge in [-0.25, -0.2) is 9.48 Å². The number of hydrogen-bond acceptors (Lipinski definition) is 6. The third-order valence-corrected chi connectivity index (χ3v) is 3.89. The second-order valence-corrected chi connectivity index (χ2v) is 5.56. The largest absolute Gasteiger partial charge is 0.497 e. The first kappa shape index (κ1) is 16.1. The van der Waals surface area contributed by atoms with Crippen molar-refractivity contribution in [2.75, 3.05) is 24.7 Å². The average Bonchev–Trinajstić information content (AvgIpc) is 2.91. The number of thioether (sulfide) groups is 1. The van der Waals surface area contributed by atoms with Crippen LogP contribution in [0.3, 0.4) is 0 Å². The summed E-state index contributed by atoms with van der Waals surface area (Å²) in [4.78, 5) is 11.8. The van der Waals surface area contributed by atoms with E-state index in [9.17, 15) is 4.79 Å². The van der Waals surface area contributed by atoms with Crippen LogP contribution in [0, 0.1) is 6.92 Å². The van der Waals surface area contributed by atoms with Crippen molar-refractivity contribution in [1.82, 2.24) is 25.5 Å². The topological polar surface area (TPSA) is 94.0 Å². The molecule has 9 heteroatoms. The zero-order valence-electron chi connectivity index (χ0n) is 12.7. The highest BCUT2D eigenvalue weighted by Crippen LogP contribution is 2.20. The van der Waals surface area contributed by atoms with E-state index in [2.05, 4.69) is 26.2 Å². The maximum atomic E-state index is 11.8. The summed E-state index contributed by atoms with van der Waals surface area (Å²) in [5, 5.41) is 17.4. The molecule has 2 N–H and O–H groups in total. The maximum absolute atomic E-state index is 11.8. The van der Waals surface area contributed by atoms with Gasteiger partial charge < -0.3 is 15.4 Å². The fourth-order valence-corrected chi connectivity index (χ4v) is 2.42. The molecule has 0 bridgehead atoms. The zero-order valence-corrected chi connectivity index (χ0v) is 13.5. The number of rotatable bonds is 6. The molecule has 2 aromatic rings. The van der Waals surface area contributed by atoms with E-state index >= 15 is 0 Å². The summed E-state index contributed by atoms with van der Waals surface area (Å²) in [6.07, 6.45) is 0. The minimum Gasteiger partial charge on any atom is -0.497 e. The van der Waals surface area contributed by atoms with Gasteiger partial charge in [0.25, 0.3) is 0 Å². The molecule has 0 atom stereocenters. The highest BCUT2D eigenvalue weighted by Gasteiger charge is 2.06. The third kappa shape index (κ3) is 4.35. The van der Waals surface area contributed by atoms with Crippen molar-refractivity contribution < 1.29 is 9.53 Å². The van der Waals surface area contributed by atoms with E-state index in [1.165, 1.54) is 11.8 Å². The predicted molar refractivity (Wildman–Crippen MR) is 84.3 cm³/mol. The molecule has 0 unspecified atom stereocenters. The van der Waals surface area contributed by atoms with E-state index in [0.29, 0.717) is 17.5 Å². The van der Waals surface area contributed by atoms with Gasteiger partial charge in [-0.3, -0.25) is 0 Å². The SMILES string of the molecule is COc1ccc(NC(=O)NCCSc2nnnn2C)c(C)c1. The summed E-state index contributed by atoms with van der Waals surface area (Å²) in [6.45, 7) is 2.42. The first-order chi connectivity index (χ1) is 10.6. The molecule has 0 aliphatic rings. The Labute approximate surface area is 132 Å². The normalized spacial score (nSPS) is 10.3. The number of carbonyl (C=O) groups is 1. The van der Waals surface area contributed by atoms with Gasteiger partial charge in [-0.05, 0) is 41.1 Å². The van der Waals surface area contributed by atoms with Crippen LogP contribution in [-0.4, -0.2) is 45.6 Å². The Balaban J connectivity index is 1.75. The van der Waals surface area contributed by atoms with Crippen molar-refractivity contribution in [1.29, 1.82) is 0 Å². The van der Waals surface area contributed by atoms with Crippen LogP contribution in [0.1, 0.15) is 5.56 Å². The number of aryl methyl sites for hydroxylation is 2. The standard InChI is InChI=1S/C13H18N6O2S/c1-9-8-10(21-3)4-5-11(9)15-12(20)14-6-7-22-13-16-17-18-19(13)2/h4-5,8H,6-7H2,1-3H3,(H2,14,15,20). The Morgan fingerprint density at radius 2 is 2.27 bits per heavy atom. The Morgan fingerprint density at radius 1 is 1.45 bits per heavy atom. The van der Waals surface area contributed by atoms with E-state index in [1.54, 1.807) is 24.9 Å². The van der Waals surface area contributed by atoms with Gasteiger partial charge in [-0.15, -0.1) is 5.10 Å². The summed E-state index contributed by atoms with van der Waals surface area (Å²) in [6, 6.07) is 5.24. The van der Waals surface area contributed by atoms with Crippen molar-refractivity contribution in [3.63, 3.8) is 0 Å². The molecule has 1 aromatic heterocycles. The molecule has 2 amide bonds. The fraction of sp³-hybridized carbons (Fsp3) is 0.385. The van der Waals surface area contributed by atoms with Gasteiger partial charge in [0.1, 0.15) is 5.75 Å². The lowest BCUT2D eigenvalue weighted by molar-refractivity contribution is 0.252. The summed E-state index contributed by atoms with van der Waals surface area (Å²) in [5.41, 5.74) is 1.69. The second kappa shape index (κ2) is 7.64. The van der Waals surface area contributed by atoms with Gasteiger partial charge in [-0.2, -0.15) is 0 Å². The number of anilines is 1. The number of hydrogen-bond donors (Lipinski definition) is 2. The van der Waals surface area contributed by atoms with E-state index in [0.717, 1.165) is 17.0 Å². The molecule has 2 rings (SSSR count). The molecule has 1 aromatic carbocycles. The number of aromatic nitrogens is 4. The molecular weight excluding hydrogens is 304 g/mol. The Bertz CT molecular complexity index is 645. The van der Waals surface area contributed by atoms with Crippen molar-refractivity contribution in [2.45, 2.75) is 12.1 Å². The smallest absolute Gasteiger partial charge is 0.319 e. The molecule has 0 aliphatic carbocycles. The van der Waals surface area contributed by atoms with Crippen molar-refractivity contribution in [2.24, 2.45) is 7.05 Å². The van der Waals surface area contributed by atoms with Crippen molar-refractivity contribution >= 4 is 23.5 Å². The fourth-order valence-electron chi connectivity index (χ4n) is 1.72. The molecule has 118 valence electrons. The quantitative estimate of drug-likeness (QED) is 0.617. The molecular formula is C13H18N6O2S. The van der Waals surface area contributed by atoms with E-state index < -0.39 is 0 Å². The number of methoxy groups -OCH3 is 1. The molecule has 0 saturated carbocycles. The predicted octanol–water partition coefficient (Wildman–Crippen LogP) is 1.44. The molecule has 0 radical (unpaired) electrons. The van der Waals surface area contributed by atoms with Crippen molar-refractivity contribution in [3.05, 3.63) is 23.8 Å². The van der Waals surface area contributed by atoms with Gasteiger partial charge in [0.05, 0.1) is 7.11 Å². The maximum Gasteiger partial charge on any atom is 0.319 e. The third-order valence-electron chi connectivity index (χ3n) is 2.88. The summed E-state index contributed by atoms with van der Waals surface area (Å²) in [7, 11) is 3.38. The number of nitrogens with one attached hydrogen (secondary N) is 2. The number of urea groups is 1. The van der Waals surface area contributed by atoms with Gasteiger partial charge in [0.15, 0.2) is 0 Å². The van der Waals surface area contributed by atoms with Crippen LogP contribution < -0.4 is 15.4 Å². The lowest BCUT2D eigenvalue weighted by atomic mass is 10.2. The highest BCUT2D eigenvalue weighted by atomic mass is 32.2. The number of benzene rings is 1. The minimum absolute atomic E-state index is 0.245. The Morgan fingerprint density at radius 3 is 2.91 bits per heavy atom. The molecule has 0 fully saturated rings. The monoisotopic (exact) mass is 322 g/mol. The van der Waals surface area contributed by atoms with E-state index in [4.69, 9.17) is 4.74 Å². The molecule has 0 saturated heterocycles. The number of ether oxygens (including phenoxy) is 1. The Hall–Kier alpha value is -2.29. The number of amides is 2. The van der Waals surface area contributed by atoms with Crippen LogP contribution in [0.15, 0.2) is 23.4 Å². The zero-order chi connectivity index (χ0) is 15.9. The van der Waals surface area contributed by atoms with E-state index in [-0.39, 0.29) is 6.03 Å². The lowest BCUT2D eigenvalue weighted by Crippen LogP contribution is -2.30. The lowest BCUT2D eigenvalue weighted by Gasteiger charge is -2.10. The first-order valence-corrected chi connectivity index (χ1v) is 7.63. The molecule has 8 nitrogen and oxygen atoms in total.